The minimum absolute atomic E-state index is 0.157. The molecular formula is C10H11F2NO4. The van der Waals surface area contributed by atoms with Gasteiger partial charge in [-0.15, -0.1) is 0 Å². The molecule has 0 aromatic heterocycles. The van der Waals surface area contributed by atoms with Gasteiger partial charge in [0.05, 0.1) is 0 Å². The molecule has 0 amide bonds. The number of aliphatic carboxylic acids is 1. The number of aromatic hydroxyl groups is 2. The Morgan fingerprint density at radius 3 is 2.47 bits per heavy atom. The van der Waals surface area contributed by atoms with Crippen LogP contribution in [0.4, 0.5) is 8.78 Å². The minimum Gasteiger partial charge on any atom is -0.508 e. The van der Waals surface area contributed by atoms with Gasteiger partial charge in [-0.05, 0) is 18.2 Å². The van der Waals surface area contributed by atoms with E-state index in [4.69, 9.17) is 15.9 Å². The highest BCUT2D eigenvalue weighted by atomic mass is 19.3. The standard InChI is InChI=1S/C10H11F2NO4/c11-8(12)10(13,9(16)17)4-5-3-6(14)1-2-7(5)15/h1-3,8,14-15H,4,13H2,(H,16,17). The largest absolute Gasteiger partial charge is 0.508 e. The second-order valence-corrected chi connectivity index (χ2v) is 3.64. The van der Waals surface area contributed by atoms with Gasteiger partial charge in [-0.1, -0.05) is 0 Å². The summed E-state index contributed by atoms with van der Waals surface area (Å²) >= 11 is 0. The topological polar surface area (TPSA) is 104 Å². The maximum absolute atomic E-state index is 12.6. The van der Waals surface area contributed by atoms with E-state index in [9.17, 15) is 18.7 Å². The molecule has 1 atom stereocenters. The lowest BCUT2D eigenvalue weighted by molar-refractivity contribution is -0.149. The van der Waals surface area contributed by atoms with Crippen molar-refractivity contribution in [3.63, 3.8) is 0 Å². The Balaban J connectivity index is 3.10. The Morgan fingerprint density at radius 2 is 2.00 bits per heavy atom. The van der Waals surface area contributed by atoms with Crippen LogP contribution in [0.5, 0.6) is 11.5 Å². The third-order valence-electron chi connectivity index (χ3n) is 2.33. The van der Waals surface area contributed by atoms with Crippen molar-refractivity contribution in [2.24, 2.45) is 5.73 Å². The molecule has 17 heavy (non-hydrogen) atoms. The van der Waals surface area contributed by atoms with Gasteiger partial charge in [0.1, 0.15) is 11.5 Å². The molecule has 0 bridgehead atoms. The van der Waals surface area contributed by atoms with E-state index in [1.54, 1.807) is 0 Å². The number of carboxylic acid groups (broad SMARTS) is 1. The number of hydrogen-bond acceptors (Lipinski definition) is 4. The zero-order valence-corrected chi connectivity index (χ0v) is 8.60. The van der Waals surface area contributed by atoms with E-state index in [0.717, 1.165) is 18.2 Å². The molecule has 0 radical (unpaired) electrons. The summed E-state index contributed by atoms with van der Waals surface area (Å²) in [5.74, 6) is -2.56. The third-order valence-corrected chi connectivity index (χ3v) is 2.33. The highest BCUT2D eigenvalue weighted by Gasteiger charge is 2.44. The number of nitrogens with two attached hydrogens (primary N) is 1. The number of hydrogen-bond donors (Lipinski definition) is 4. The summed E-state index contributed by atoms with van der Waals surface area (Å²) < 4.78 is 25.2. The molecule has 0 heterocycles. The number of carboxylic acids is 1. The average Bonchev–Trinajstić information content (AvgIpc) is 2.22. The summed E-state index contributed by atoms with van der Waals surface area (Å²) in [5.41, 5.74) is 2.13. The molecule has 7 heteroatoms. The van der Waals surface area contributed by atoms with Gasteiger partial charge >= 0.3 is 5.97 Å². The molecular weight excluding hydrogens is 236 g/mol. The van der Waals surface area contributed by atoms with Gasteiger partial charge in [0.15, 0.2) is 5.54 Å². The Hall–Kier alpha value is -1.89. The first kappa shape index (κ1) is 13.2. The molecule has 1 unspecified atom stereocenters. The van der Waals surface area contributed by atoms with E-state index in [0.29, 0.717) is 0 Å². The van der Waals surface area contributed by atoms with Crippen molar-refractivity contribution in [2.45, 2.75) is 18.4 Å². The molecule has 0 spiro atoms. The lowest BCUT2D eigenvalue weighted by atomic mass is 9.91. The van der Waals surface area contributed by atoms with Crippen LogP contribution >= 0.6 is 0 Å². The fourth-order valence-corrected chi connectivity index (χ4v) is 1.27. The zero-order valence-electron chi connectivity index (χ0n) is 8.60. The van der Waals surface area contributed by atoms with E-state index < -0.39 is 30.1 Å². The van der Waals surface area contributed by atoms with Crippen LogP contribution in [0.2, 0.25) is 0 Å². The molecule has 94 valence electrons. The molecule has 0 fully saturated rings. The summed E-state index contributed by atoms with van der Waals surface area (Å²) in [5, 5.41) is 27.2. The van der Waals surface area contributed by atoms with Crippen molar-refractivity contribution in [1.29, 1.82) is 0 Å². The molecule has 0 saturated heterocycles. The molecule has 0 aliphatic rings. The van der Waals surface area contributed by atoms with Crippen LogP contribution in [0, 0.1) is 0 Å². The van der Waals surface area contributed by atoms with Crippen molar-refractivity contribution >= 4 is 5.97 Å². The van der Waals surface area contributed by atoms with Crippen LogP contribution < -0.4 is 5.73 Å². The van der Waals surface area contributed by atoms with Gasteiger partial charge in [-0.3, -0.25) is 0 Å². The van der Waals surface area contributed by atoms with E-state index in [1.165, 1.54) is 0 Å². The second-order valence-electron chi connectivity index (χ2n) is 3.64. The highest BCUT2D eigenvalue weighted by Crippen LogP contribution is 2.28. The summed E-state index contributed by atoms with van der Waals surface area (Å²) in [4.78, 5) is 10.7. The number of halogens is 2. The monoisotopic (exact) mass is 247 g/mol. The highest BCUT2D eigenvalue weighted by molar-refractivity contribution is 5.79. The third kappa shape index (κ3) is 2.62. The van der Waals surface area contributed by atoms with Gasteiger partial charge in [-0.2, -0.15) is 0 Å². The normalized spacial score (nSPS) is 14.6. The predicted octanol–water partition coefficient (Wildman–Crippen LogP) is 0.688. The molecule has 5 N–H and O–H groups in total. The fourth-order valence-electron chi connectivity index (χ4n) is 1.27. The van der Waals surface area contributed by atoms with Crippen molar-refractivity contribution in [3.8, 4) is 11.5 Å². The molecule has 1 aromatic rings. The first-order valence-corrected chi connectivity index (χ1v) is 4.58. The Bertz CT molecular complexity index is 438. The minimum atomic E-state index is -3.30. The van der Waals surface area contributed by atoms with Gasteiger partial charge in [0.2, 0.25) is 0 Å². The number of benzene rings is 1. The summed E-state index contributed by atoms with van der Waals surface area (Å²) in [6.07, 6.45) is -4.10. The van der Waals surface area contributed by atoms with Crippen molar-refractivity contribution in [1.82, 2.24) is 0 Å². The van der Waals surface area contributed by atoms with E-state index in [2.05, 4.69) is 0 Å². The Morgan fingerprint density at radius 1 is 1.41 bits per heavy atom. The number of phenols is 2. The van der Waals surface area contributed by atoms with Crippen molar-refractivity contribution < 1.29 is 28.9 Å². The SMILES string of the molecule is NC(Cc1cc(O)ccc1O)(C(=O)O)C(F)F. The van der Waals surface area contributed by atoms with Gasteiger partial charge in [0.25, 0.3) is 6.43 Å². The molecule has 0 saturated carbocycles. The van der Waals surface area contributed by atoms with Gasteiger partial charge in [0, 0.05) is 12.0 Å². The van der Waals surface area contributed by atoms with Crippen molar-refractivity contribution in [2.75, 3.05) is 0 Å². The molecule has 5 nitrogen and oxygen atoms in total. The van der Waals surface area contributed by atoms with E-state index >= 15 is 0 Å². The summed E-state index contributed by atoms with van der Waals surface area (Å²) in [6, 6.07) is 3.20. The first-order chi connectivity index (χ1) is 7.77. The summed E-state index contributed by atoms with van der Waals surface area (Å²) in [7, 11) is 0. The van der Waals surface area contributed by atoms with Crippen molar-refractivity contribution in [3.05, 3.63) is 23.8 Å². The molecule has 1 rings (SSSR count). The van der Waals surface area contributed by atoms with Crippen LogP contribution in [-0.2, 0) is 11.2 Å². The van der Waals surface area contributed by atoms with E-state index in [1.807, 2.05) is 0 Å². The first-order valence-electron chi connectivity index (χ1n) is 4.58. The number of phenolic OH excluding ortho intramolecular Hbond substituents is 2. The predicted molar refractivity (Wildman–Crippen MR) is 54.0 cm³/mol. The van der Waals surface area contributed by atoms with Crippen LogP contribution in [0.15, 0.2) is 18.2 Å². The average molecular weight is 247 g/mol. The Kier molecular flexibility index (Phi) is 3.52. The molecule has 0 aliphatic carbocycles. The maximum Gasteiger partial charge on any atom is 0.330 e. The fraction of sp³-hybridized carbons (Fsp3) is 0.300. The number of carbonyl (C=O) groups is 1. The van der Waals surface area contributed by atoms with E-state index in [-0.39, 0.29) is 11.3 Å². The number of alkyl halides is 2. The van der Waals surface area contributed by atoms with Crippen LogP contribution in [0.1, 0.15) is 5.56 Å². The second kappa shape index (κ2) is 4.54. The number of rotatable bonds is 4. The molecule has 1 aromatic carbocycles. The van der Waals surface area contributed by atoms with Crippen LogP contribution in [-0.4, -0.2) is 33.3 Å². The lowest BCUT2D eigenvalue weighted by Gasteiger charge is -2.24. The zero-order chi connectivity index (χ0) is 13.2. The van der Waals surface area contributed by atoms with Gasteiger partial charge in [-0.25, -0.2) is 13.6 Å². The quantitative estimate of drug-likeness (QED) is 0.586. The maximum atomic E-state index is 12.6. The lowest BCUT2D eigenvalue weighted by Crippen LogP contribution is -2.55. The van der Waals surface area contributed by atoms with Crippen LogP contribution in [0.25, 0.3) is 0 Å². The van der Waals surface area contributed by atoms with Gasteiger partial charge < -0.3 is 21.1 Å². The van der Waals surface area contributed by atoms with Crippen LogP contribution in [0.3, 0.4) is 0 Å². The molecule has 0 aliphatic heterocycles. The summed E-state index contributed by atoms with van der Waals surface area (Å²) in [6.45, 7) is 0. The smallest absolute Gasteiger partial charge is 0.330 e. The Labute approximate surface area is 95.1 Å².